The first-order chi connectivity index (χ1) is 11.5. The van der Waals surface area contributed by atoms with E-state index < -0.39 is 23.9 Å². The lowest BCUT2D eigenvalue weighted by Crippen LogP contribution is -2.45. The zero-order chi connectivity index (χ0) is 21.6. The Kier molecular flexibility index (Phi) is 15.4. The number of aliphatic carboxylic acids is 4. The van der Waals surface area contributed by atoms with Crippen LogP contribution in [0, 0.1) is 0 Å². The summed E-state index contributed by atoms with van der Waals surface area (Å²) in [4.78, 5) is 39.6. The SMILES string of the molecule is C[N+](C)(C)CC(=O)[O-].C[N+](C)(C)CC(=O)[O-].O=C(O)CCCCC(=O)O. The van der Waals surface area contributed by atoms with Crippen molar-refractivity contribution >= 4 is 23.9 Å². The van der Waals surface area contributed by atoms with E-state index in [4.69, 9.17) is 10.2 Å². The van der Waals surface area contributed by atoms with Gasteiger partial charge >= 0.3 is 11.9 Å². The van der Waals surface area contributed by atoms with Crippen LogP contribution in [0.3, 0.4) is 0 Å². The molecule has 0 saturated carbocycles. The van der Waals surface area contributed by atoms with Gasteiger partial charge in [-0.05, 0) is 12.8 Å². The summed E-state index contributed by atoms with van der Waals surface area (Å²) in [5.41, 5.74) is 0. The van der Waals surface area contributed by atoms with Crippen LogP contribution in [0.4, 0.5) is 0 Å². The molecule has 0 radical (unpaired) electrons. The topological polar surface area (TPSA) is 155 Å². The molecule has 0 aliphatic rings. The molecule has 0 saturated heterocycles. The third kappa shape index (κ3) is 43.1. The Bertz CT molecular complexity index is 408. The Balaban J connectivity index is -0.000000308. The van der Waals surface area contributed by atoms with Gasteiger partial charge in [-0.25, -0.2) is 0 Å². The minimum absolute atomic E-state index is 0.0628. The van der Waals surface area contributed by atoms with E-state index in [1.54, 1.807) is 42.3 Å². The summed E-state index contributed by atoms with van der Waals surface area (Å²) < 4.78 is 0.838. The molecular formula is C16H32N2O8. The van der Waals surface area contributed by atoms with Gasteiger partial charge in [0.1, 0.15) is 13.1 Å². The van der Waals surface area contributed by atoms with Crippen LogP contribution in [0.5, 0.6) is 0 Å². The molecule has 0 heterocycles. The summed E-state index contributed by atoms with van der Waals surface area (Å²) >= 11 is 0. The van der Waals surface area contributed by atoms with Crippen LogP contribution in [-0.2, 0) is 19.2 Å². The number of quaternary nitrogens is 2. The Morgan fingerprint density at radius 1 is 0.654 bits per heavy atom. The number of carboxylic acids is 4. The fraction of sp³-hybridized carbons (Fsp3) is 0.750. The Morgan fingerprint density at radius 3 is 0.962 bits per heavy atom. The number of nitrogens with zero attached hydrogens (tertiary/aromatic N) is 2. The summed E-state index contributed by atoms with van der Waals surface area (Å²) in [5, 5.41) is 36.0. The largest absolute Gasteiger partial charge is 0.544 e. The molecule has 0 aromatic heterocycles. The van der Waals surface area contributed by atoms with E-state index in [0.29, 0.717) is 21.8 Å². The minimum atomic E-state index is -1.00. The van der Waals surface area contributed by atoms with Crippen LogP contribution in [0.25, 0.3) is 0 Å². The quantitative estimate of drug-likeness (QED) is 0.331. The van der Waals surface area contributed by atoms with Crippen LogP contribution in [0.1, 0.15) is 25.7 Å². The summed E-state index contributed by atoms with van der Waals surface area (Å²) in [6.07, 6.45) is 1.02. The van der Waals surface area contributed by atoms with Crippen molar-refractivity contribution in [2.45, 2.75) is 25.7 Å². The highest BCUT2D eigenvalue weighted by Gasteiger charge is 2.05. The summed E-state index contributed by atoms with van der Waals surface area (Å²) in [7, 11) is 10.8. The number of carboxylic acid groups (broad SMARTS) is 4. The van der Waals surface area contributed by atoms with Crippen molar-refractivity contribution in [1.29, 1.82) is 0 Å². The van der Waals surface area contributed by atoms with Crippen LogP contribution in [-0.4, -0.2) is 98.4 Å². The average molecular weight is 380 g/mol. The van der Waals surface area contributed by atoms with Crippen LogP contribution in [0.2, 0.25) is 0 Å². The Labute approximate surface area is 154 Å². The van der Waals surface area contributed by atoms with Gasteiger partial charge in [-0.2, -0.15) is 0 Å². The van der Waals surface area contributed by atoms with E-state index >= 15 is 0 Å². The second kappa shape index (κ2) is 14.0. The molecule has 10 nitrogen and oxygen atoms in total. The minimum Gasteiger partial charge on any atom is -0.544 e. The molecule has 0 unspecified atom stereocenters. The van der Waals surface area contributed by atoms with Gasteiger partial charge in [0, 0.05) is 12.8 Å². The molecule has 0 rings (SSSR count). The molecule has 0 amide bonds. The first-order valence-corrected chi connectivity index (χ1v) is 7.90. The first kappa shape index (κ1) is 28.6. The van der Waals surface area contributed by atoms with Gasteiger partial charge in [0.05, 0.1) is 54.2 Å². The third-order valence-electron chi connectivity index (χ3n) is 2.24. The highest BCUT2D eigenvalue weighted by Crippen LogP contribution is 1.98. The molecule has 2 N–H and O–H groups in total. The number of carbonyl (C=O) groups excluding carboxylic acids is 2. The molecule has 26 heavy (non-hydrogen) atoms. The molecule has 0 aliphatic carbocycles. The fourth-order valence-corrected chi connectivity index (χ4v) is 1.33. The molecular weight excluding hydrogens is 348 g/mol. The third-order valence-corrected chi connectivity index (χ3v) is 2.24. The van der Waals surface area contributed by atoms with Crippen molar-refractivity contribution in [2.75, 3.05) is 55.4 Å². The van der Waals surface area contributed by atoms with E-state index in [1.807, 2.05) is 0 Å². The molecule has 0 spiro atoms. The summed E-state index contributed by atoms with van der Waals surface area (Å²) in [6.45, 7) is 0.139. The Hall–Kier alpha value is -2.20. The van der Waals surface area contributed by atoms with Gasteiger partial charge in [0.25, 0.3) is 0 Å². The van der Waals surface area contributed by atoms with Gasteiger partial charge < -0.3 is 39.0 Å². The smallest absolute Gasteiger partial charge is 0.303 e. The lowest BCUT2D eigenvalue weighted by molar-refractivity contribution is -0.864. The Morgan fingerprint density at radius 2 is 0.885 bits per heavy atom. The van der Waals surface area contributed by atoms with E-state index in [0.717, 1.165) is 0 Å². The normalized spacial score (nSPS) is 10.5. The standard InChI is InChI=1S/C6H10O4.2C5H11NO2/c7-5(8)3-1-2-4-6(9)10;2*1-6(2,3)4-5(7)8/h1-4H2,(H,7,8)(H,9,10);2*4H2,1-3H3. The molecule has 10 heteroatoms. The number of hydrogen-bond acceptors (Lipinski definition) is 6. The fourth-order valence-electron chi connectivity index (χ4n) is 1.33. The zero-order valence-electron chi connectivity index (χ0n) is 16.5. The van der Waals surface area contributed by atoms with Crippen molar-refractivity contribution in [3.05, 3.63) is 0 Å². The van der Waals surface area contributed by atoms with Gasteiger partial charge in [0.15, 0.2) is 0 Å². The van der Waals surface area contributed by atoms with Crippen LogP contribution >= 0.6 is 0 Å². The number of likely N-dealkylation sites (N-methyl/N-ethyl adjacent to an activating group) is 2. The molecule has 0 atom stereocenters. The second-order valence-electron chi connectivity index (χ2n) is 7.64. The summed E-state index contributed by atoms with van der Waals surface area (Å²) in [6, 6.07) is 0. The van der Waals surface area contributed by atoms with Crippen molar-refractivity contribution in [1.82, 2.24) is 0 Å². The highest BCUT2D eigenvalue weighted by atomic mass is 16.4. The van der Waals surface area contributed by atoms with E-state index in [9.17, 15) is 29.4 Å². The van der Waals surface area contributed by atoms with Crippen molar-refractivity contribution in [2.24, 2.45) is 0 Å². The molecule has 0 bridgehead atoms. The maximum atomic E-state index is 9.90. The molecule has 0 aromatic carbocycles. The monoisotopic (exact) mass is 380 g/mol. The van der Waals surface area contributed by atoms with E-state index in [2.05, 4.69) is 0 Å². The lowest BCUT2D eigenvalue weighted by atomic mass is 10.2. The molecule has 154 valence electrons. The van der Waals surface area contributed by atoms with Crippen molar-refractivity contribution in [3.8, 4) is 0 Å². The predicted octanol–water partition coefficient (Wildman–Crippen LogP) is -2.40. The van der Waals surface area contributed by atoms with Crippen LogP contribution in [0.15, 0.2) is 0 Å². The van der Waals surface area contributed by atoms with Crippen LogP contribution < -0.4 is 10.2 Å². The lowest BCUT2D eigenvalue weighted by Gasteiger charge is -2.23. The first-order valence-electron chi connectivity index (χ1n) is 7.90. The van der Waals surface area contributed by atoms with Gasteiger partial charge in [-0.15, -0.1) is 0 Å². The maximum Gasteiger partial charge on any atom is 0.303 e. The number of unbranched alkanes of at least 4 members (excludes halogenated alkanes) is 1. The zero-order valence-corrected chi connectivity index (χ0v) is 16.5. The highest BCUT2D eigenvalue weighted by molar-refractivity contribution is 5.68. The number of carbonyl (C=O) groups is 4. The number of rotatable bonds is 9. The van der Waals surface area contributed by atoms with E-state index in [1.165, 1.54) is 0 Å². The second-order valence-corrected chi connectivity index (χ2v) is 7.64. The average Bonchev–Trinajstić information content (AvgIpc) is 2.29. The molecule has 0 aliphatic heterocycles. The predicted molar refractivity (Wildman–Crippen MR) is 89.6 cm³/mol. The van der Waals surface area contributed by atoms with E-state index in [-0.39, 0.29) is 25.9 Å². The maximum absolute atomic E-state index is 9.90. The van der Waals surface area contributed by atoms with Gasteiger partial charge in [-0.1, -0.05) is 0 Å². The van der Waals surface area contributed by atoms with Crippen molar-refractivity contribution < 1.29 is 48.6 Å². The summed E-state index contributed by atoms with van der Waals surface area (Å²) in [5.74, 6) is -3.74. The molecule has 0 fully saturated rings. The molecule has 0 aromatic rings. The van der Waals surface area contributed by atoms with Gasteiger partial charge in [-0.3, -0.25) is 9.59 Å². The number of hydrogen-bond donors (Lipinski definition) is 2. The van der Waals surface area contributed by atoms with Gasteiger partial charge in [0.2, 0.25) is 0 Å². The van der Waals surface area contributed by atoms with Crippen molar-refractivity contribution in [3.63, 3.8) is 0 Å².